The Hall–Kier alpha value is -2.42. The van der Waals surface area contributed by atoms with E-state index in [4.69, 9.17) is 11.6 Å². The van der Waals surface area contributed by atoms with Crippen molar-refractivity contribution in [2.45, 2.75) is 31.6 Å². The van der Waals surface area contributed by atoms with Crippen molar-refractivity contribution in [3.8, 4) is 0 Å². The van der Waals surface area contributed by atoms with Gasteiger partial charge in [0.05, 0.1) is 23.2 Å². The summed E-state index contributed by atoms with van der Waals surface area (Å²) in [5.41, 5.74) is 2.36. The van der Waals surface area contributed by atoms with Crippen molar-refractivity contribution in [1.29, 1.82) is 0 Å². The van der Waals surface area contributed by atoms with Crippen LogP contribution in [0.15, 0.2) is 35.5 Å². The minimum atomic E-state index is -4.54. The molecule has 0 aliphatic carbocycles. The Morgan fingerprint density at radius 2 is 2.24 bits per heavy atom. The van der Waals surface area contributed by atoms with Crippen molar-refractivity contribution in [3.63, 3.8) is 0 Å². The zero-order valence-electron chi connectivity index (χ0n) is 16.0. The summed E-state index contributed by atoms with van der Waals surface area (Å²) >= 11 is 5.63. The quantitative estimate of drug-likeness (QED) is 0.773. The number of nitrogens with zero attached hydrogens (tertiary/aromatic N) is 3. The molecule has 2 aliphatic heterocycles. The number of alkyl halides is 3. The number of likely N-dealkylation sites (tertiary alicyclic amines) is 1. The van der Waals surface area contributed by atoms with E-state index < -0.39 is 11.7 Å². The largest absolute Gasteiger partial charge is 0.417 e. The lowest BCUT2D eigenvalue weighted by Crippen LogP contribution is -2.52. The van der Waals surface area contributed by atoms with Crippen molar-refractivity contribution in [2.24, 2.45) is 5.10 Å². The van der Waals surface area contributed by atoms with Gasteiger partial charge in [-0.05, 0) is 36.6 Å². The maximum atomic E-state index is 13.0. The molecule has 10 heteroatoms. The molecule has 2 aliphatic rings. The van der Waals surface area contributed by atoms with Crippen LogP contribution in [0.25, 0.3) is 0 Å². The molecule has 1 aromatic carbocycles. The zero-order valence-corrected chi connectivity index (χ0v) is 16.7. The number of amides is 2. The average molecular weight is 430 g/mol. The fraction of sp³-hybridized carbons (Fsp3) is 0.474. The highest BCUT2D eigenvalue weighted by Crippen LogP contribution is 2.35. The Morgan fingerprint density at radius 1 is 1.45 bits per heavy atom. The maximum Gasteiger partial charge on any atom is 0.417 e. The maximum absolute atomic E-state index is 13.0. The first-order valence-electron chi connectivity index (χ1n) is 9.34. The minimum Gasteiger partial charge on any atom is -0.353 e. The number of hydrazone groups is 1. The third-order valence-electron chi connectivity index (χ3n) is 5.04. The SMILES string of the molecule is CN(C(=O)NCc1ccc(Cl)c(C(F)(F)F)c1)[C@@H]1CCCN(C2=NNCC=C2)C1. The van der Waals surface area contributed by atoms with Crippen LogP contribution in [0.2, 0.25) is 5.02 Å². The summed E-state index contributed by atoms with van der Waals surface area (Å²) in [7, 11) is 1.70. The van der Waals surface area contributed by atoms with Crippen LogP contribution in [0.5, 0.6) is 0 Å². The van der Waals surface area contributed by atoms with E-state index in [2.05, 4.69) is 20.7 Å². The fourth-order valence-electron chi connectivity index (χ4n) is 3.40. The lowest BCUT2D eigenvalue weighted by Gasteiger charge is -2.38. The molecule has 2 amide bonds. The van der Waals surface area contributed by atoms with Gasteiger partial charge in [0.1, 0.15) is 5.84 Å². The van der Waals surface area contributed by atoms with Crippen LogP contribution in [0.3, 0.4) is 0 Å². The number of piperidine rings is 1. The molecule has 29 heavy (non-hydrogen) atoms. The second-order valence-corrected chi connectivity index (χ2v) is 7.47. The van der Waals surface area contributed by atoms with Crippen LogP contribution in [0, 0.1) is 0 Å². The Labute approximate surface area is 172 Å². The van der Waals surface area contributed by atoms with Gasteiger partial charge in [-0.3, -0.25) is 0 Å². The Morgan fingerprint density at radius 3 is 2.93 bits per heavy atom. The lowest BCUT2D eigenvalue weighted by molar-refractivity contribution is -0.137. The lowest BCUT2D eigenvalue weighted by atomic mass is 10.0. The smallest absolute Gasteiger partial charge is 0.353 e. The van der Waals surface area contributed by atoms with Gasteiger partial charge in [-0.2, -0.15) is 18.3 Å². The highest BCUT2D eigenvalue weighted by Gasteiger charge is 2.33. The van der Waals surface area contributed by atoms with Gasteiger partial charge >= 0.3 is 12.2 Å². The Balaban J connectivity index is 1.58. The van der Waals surface area contributed by atoms with E-state index in [9.17, 15) is 18.0 Å². The Bertz CT molecular complexity index is 812. The summed E-state index contributed by atoms with van der Waals surface area (Å²) in [4.78, 5) is 16.3. The van der Waals surface area contributed by atoms with Crippen molar-refractivity contribution in [1.82, 2.24) is 20.5 Å². The summed E-state index contributed by atoms with van der Waals surface area (Å²) in [5.74, 6) is 0.843. The molecule has 0 aromatic heterocycles. The van der Waals surface area contributed by atoms with E-state index in [1.807, 2.05) is 12.2 Å². The summed E-state index contributed by atoms with van der Waals surface area (Å²) < 4.78 is 39.0. The van der Waals surface area contributed by atoms with Gasteiger partial charge in [0, 0.05) is 26.7 Å². The van der Waals surface area contributed by atoms with Gasteiger partial charge in [0.2, 0.25) is 0 Å². The van der Waals surface area contributed by atoms with Gasteiger partial charge in [0.25, 0.3) is 0 Å². The van der Waals surface area contributed by atoms with E-state index in [1.165, 1.54) is 12.1 Å². The molecule has 6 nitrogen and oxygen atoms in total. The highest BCUT2D eigenvalue weighted by molar-refractivity contribution is 6.31. The molecule has 0 saturated carbocycles. The molecule has 1 saturated heterocycles. The van der Waals surface area contributed by atoms with Crippen molar-refractivity contribution in [2.75, 3.05) is 26.7 Å². The van der Waals surface area contributed by atoms with Gasteiger partial charge < -0.3 is 20.5 Å². The Kier molecular flexibility index (Phi) is 6.56. The summed E-state index contributed by atoms with van der Waals surface area (Å²) in [5, 5.41) is 6.62. The normalized spacial score (nSPS) is 19.4. The first-order valence-corrected chi connectivity index (χ1v) is 9.72. The van der Waals surface area contributed by atoms with Gasteiger partial charge in [-0.1, -0.05) is 23.7 Å². The van der Waals surface area contributed by atoms with Crippen LogP contribution in [-0.4, -0.2) is 54.4 Å². The molecule has 1 aromatic rings. The molecule has 0 radical (unpaired) electrons. The van der Waals surface area contributed by atoms with E-state index in [-0.39, 0.29) is 23.6 Å². The minimum absolute atomic E-state index is 0.0147. The molecule has 3 rings (SSSR count). The monoisotopic (exact) mass is 429 g/mol. The first-order chi connectivity index (χ1) is 13.8. The van der Waals surface area contributed by atoms with E-state index in [0.717, 1.165) is 31.3 Å². The summed E-state index contributed by atoms with van der Waals surface area (Å²) in [6.07, 6.45) is 1.18. The summed E-state index contributed by atoms with van der Waals surface area (Å²) in [6, 6.07) is 3.28. The number of likely N-dealkylation sites (N-methyl/N-ethyl adjacent to an activating group) is 1. The molecular weight excluding hydrogens is 407 g/mol. The molecule has 0 spiro atoms. The van der Waals surface area contributed by atoms with Crippen molar-refractivity contribution >= 4 is 23.5 Å². The van der Waals surface area contributed by atoms with E-state index in [1.54, 1.807) is 11.9 Å². The topological polar surface area (TPSA) is 60.0 Å². The van der Waals surface area contributed by atoms with Gasteiger partial charge in [-0.15, -0.1) is 0 Å². The number of benzene rings is 1. The third-order valence-corrected chi connectivity index (χ3v) is 5.37. The molecule has 0 bridgehead atoms. The van der Waals surface area contributed by atoms with Crippen LogP contribution in [0.1, 0.15) is 24.0 Å². The molecule has 158 valence electrons. The van der Waals surface area contributed by atoms with Crippen LogP contribution < -0.4 is 10.7 Å². The number of rotatable bonds is 3. The van der Waals surface area contributed by atoms with E-state index >= 15 is 0 Å². The van der Waals surface area contributed by atoms with E-state index in [0.29, 0.717) is 18.7 Å². The molecule has 2 heterocycles. The standard InChI is InChI=1S/C19H23ClF3N5O/c1-27(14-4-3-9-28(12-14)17-5-2-8-25-26-17)18(29)24-11-13-6-7-16(20)15(10-13)19(21,22)23/h2,5-7,10,14,25H,3-4,8-9,11-12H2,1H3,(H,24,29)/t14-/m1/s1. The third kappa shape index (κ3) is 5.35. The number of hydrogen-bond donors (Lipinski definition) is 2. The zero-order chi connectivity index (χ0) is 21.0. The predicted octanol–water partition coefficient (Wildman–Crippen LogP) is 3.44. The molecule has 1 atom stereocenters. The van der Waals surface area contributed by atoms with Crippen LogP contribution in [-0.2, 0) is 12.7 Å². The summed E-state index contributed by atoms with van der Waals surface area (Å²) in [6.45, 7) is 2.19. The molecule has 1 fully saturated rings. The highest BCUT2D eigenvalue weighted by atomic mass is 35.5. The number of carbonyl (C=O) groups is 1. The van der Waals surface area contributed by atoms with Gasteiger partial charge in [-0.25, -0.2) is 4.79 Å². The molecular formula is C19H23ClF3N5O. The second-order valence-electron chi connectivity index (χ2n) is 7.06. The molecule has 2 N–H and O–H groups in total. The second kappa shape index (κ2) is 8.94. The number of urea groups is 1. The molecule has 0 unspecified atom stereocenters. The predicted molar refractivity (Wildman–Crippen MR) is 106 cm³/mol. The number of amidine groups is 1. The number of nitrogens with one attached hydrogen (secondary N) is 2. The average Bonchev–Trinajstić information content (AvgIpc) is 2.72. The number of carbonyl (C=O) groups excluding carboxylic acids is 1. The fourth-order valence-corrected chi connectivity index (χ4v) is 3.63. The number of hydrogen-bond acceptors (Lipinski definition) is 4. The first kappa shape index (κ1) is 21.3. The van der Waals surface area contributed by atoms with Crippen LogP contribution >= 0.6 is 11.6 Å². The van der Waals surface area contributed by atoms with Crippen molar-refractivity contribution in [3.05, 3.63) is 46.5 Å². The van der Waals surface area contributed by atoms with Crippen LogP contribution in [0.4, 0.5) is 18.0 Å². The number of halogens is 4. The van der Waals surface area contributed by atoms with Crippen molar-refractivity contribution < 1.29 is 18.0 Å². The van der Waals surface area contributed by atoms with Gasteiger partial charge in [0.15, 0.2) is 0 Å².